The third-order valence-corrected chi connectivity index (χ3v) is 4.51. The molecule has 0 N–H and O–H groups in total. The first-order chi connectivity index (χ1) is 17.6. The highest BCUT2D eigenvalue weighted by Crippen LogP contribution is 2.19. The van der Waals surface area contributed by atoms with Crippen molar-refractivity contribution in [1.29, 1.82) is 0 Å². The Bertz CT molecular complexity index is 1210. The van der Waals surface area contributed by atoms with E-state index in [-0.39, 0.29) is 0 Å². The molecule has 0 aliphatic rings. The molecule has 3 aromatic rings. The van der Waals surface area contributed by atoms with Gasteiger partial charge >= 0.3 is 7.32 Å². The van der Waals surface area contributed by atoms with Gasteiger partial charge in [-0.1, -0.05) is 0 Å². The number of benzene rings is 3. The van der Waals surface area contributed by atoms with Crippen LogP contribution in [-0.2, 0) is 14.0 Å². The van der Waals surface area contributed by atoms with Crippen molar-refractivity contribution in [3.05, 3.63) is 124 Å². The first-order valence-electron chi connectivity index (χ1n) is 9.96. The standard InChI is InChI=1S/C24H12BF9O3/c26-16-4-1-13(19(29)22(16)32)7-10-35-25(36-11-8-14-2-5-17(27)23(33)20(14)30)37-12-9-15-3-6-18(28)24(34)21(15)31/h1-12H/b10-7+,11-8+,12-9+. The first kappa shape index (κ1) is 27.3. The zero-order chi connectivity index (χ0) is 27.1. The molecule has 3 nitrogen and oxygen atoms in total. The van der Waals surface area contributed by atoms with E-state index in [1.54, 1.807) is 0 Å². The van der Waals surface area contributed by atoms with Crippen LogP contribution in [0.1, 0.15) is 16.7 Å². The van der Waals surface area contributed by atoms with Crippen LogP contribution in [0, 0.1) is 52.4 Å². The molecule has 0 spiro atoms. The number of hydrogen-bond acceptors (Lipinski definition) is 3. The van der Waals surface area contributed by atoms with E-state index in [9.17, 15) is 39.5 Å². The molecule has 3 rings (SSSR count). The summed E-state index contributed by atoms with van der Waals surface area (Å²) in [7, 11) is -1.81. The molecule has 0 saturated carbocycles. The summed E-state index contributed by atoms with van der Waals surface area (Å²) in [4.78, 5) is 0. The van der Waals surface area contributed by atoms with Gasteiger partial charge in [-0.15, -0.1) is 0 Å². The second-order valence-electron chi connectivity index (χ2n) is 6.90. The molecule has 0 saturated heterocycles. The second-order valence-corrected chi connectivity index (χ2v) is 6.90. The summed E-state index contributed by atoms with van der Waals surface area (Å²) in [5.74, 6) is -14.1. The van der Waals surface area contributed by atoms with Crippen LogP contribution in [0.3, 0.4) is 0 Å². The minimum atomic E-state index is -1.81. The van der Waals surface area contributed by atoms with Gasteiger partial charge in [-0.05, 0) is 54.6 Å². The monoisotopic (exact) mass is 530 g/mol. The highest BCUT2D eigenvalue weighted by molar-refractivity contribution is 6.37. The molecule has 0 aromatic heterocycles. The molecule has 0 amide bonds. The van der Waals surface area contributed by atoms with Crippen LogP contribution < -0.4 is 0 Å². The number of rotatable bonds is 9. The maximum atomic E-state index is 13.8. The lowest BCUT2D eigenvalue weighted by Crippen LogP contribution is -2.20. The lowest BCUT2D eigenvalue weighted by molar-refractivity contribution is 0.226. The smallest absolute Gasteiger partial charge is 0.496 e. The Morgan fingerprint density at radius 1 is 0.405 bits per heavy atom. The van der Waals surface area contributed by atoms with Gasteiger partial charge < -0.3 is 14.0 Å². The van der Waals surface area contributed by atoms with Gasteiger partial charge in [-0.25, -0.2) is 39.5 Å². The summed E-state index contributed by atoms with van der Waals surface area (Å²) in [5.41, 5.74) is -1.30. The maximum absolute atomic E-state index is 13.8. The number of halogens is 9. The fourth-order valence-electron chi connectivity index (χ4n) is 2.64. The van der Waals surface area contributed by atoms with Crippen molar-refractivity contribution < 1.29 is 53.5 Å². The quantitative estimate of drug-likeness (QED) is 0.126. The van der Waals surface area contributed by atoms with Crippen molar-refractivity contribution in [2.45, 2.75) is 0 Å². The Morgan fingerprint density at radius 2 is 0.676 bits per heavy atom. The Hall–Kier alpha value is -4.29. The summed E-state index contributed by atoms with van der Waals surface area (Å²) in [6.45, 7) is 0. The summed E-state index contributed by atoms with van der Waals surface area (Å²) in [6, 6.07) is 4.63. The lowest BCUT2D eigenvalue weighted by Gasteiger charge is -2.09. The van der Waals surface area contributed by atoms with Crippen molar-refractivity contribution in [2.75, 3.05) is 0 Å². The van der Waals surface area contributed by atoms with Crippen LogP contribution in [0.2, 0.25) is 0 Å². The molecule has 0 atom stereocenters. The molecule has 0 aliphatic heterocycles. The minimum absolute atomic E-state index is 0.434. The van der Waals surface area contributed by atoms with Crippen molar-refractivity contribution in [3.63, 3.8) is 0 Å². The van der Waals surface area contributed by atoms with Crippen LogP contribution >= 0.6 is 0 Å². The van der Waals surface area contributed by atoms with Crippen LogP contribution in [0.25, 0.3) is 18.2 Å². The molecule has 0 fully saturated rings. The molecule has 13 heteroatoms. The predicted molar refractivity (Wildman–Crippen MR) is 115 cm³/mol. The molecular formula is C24H12BF9O3. The first-order valence-corrected chi connectivity index (χ1v) is 9.96. The molecule has 0 radical (unpaired) electrons. The molecule has 192 valence electrons. The number of hydrogen-bond donors (Lipinski definition) is 0. The molecule has 0 heterocycles. The Kier molecular flexibility index (Phi) is 8.93. The van der Waals surface area contributed by atoms with Gasteiger partial charge in [0.1, 0.15) is 0 Å². The van der Waals surface area contributed by atoms with Crippen molar-refractivity contribution in [2.24, 2.45) is 0 Å². The van der Waals surface area contributed by atoms with E-state index < -0.39 is 76.4 Å². The van der Waals surface area contributed by atoms with Crippen LogP contribution in [0.5, 0.6) is 0 Å². The van der Waals surface area contributed by atoms with Gasteiger partial charge in [0, 0.05) is 16.7 Å². The van der Waals surface area contributed by atoms with Crippen molar-refractivity contribution >= 4 is 25.5 Å². The lowest BCUT2D eigenvalue weighted by atomic mass is 10.2. The minimum Gasteiger partial charge on any atom is -0.496 e. The third kappa shape index (κ3) is 6.69. The highest BCUT2D eigenvalue weighted by atomic mass is 19.2. The van der Waals surface area contributed by atoms with Gasteiger partial charge in [0.15, 0.2) is 52.4 Å². The molecule has 0 aliphatic carbocycles. The highest BCUT2D eigenvalue weighted by Gasteiger charge is 2.25. The van der Waals surface area contributed by atoms with E-state index in [0.29, 0.717) is 18.2 Å². The molecule has 37 heavy (non-hydrogen) atoms. The Labute approximate surface area is 203 Å². The Balaban J connectivity index is 1.77. The molecular weight excluding hydrogens is 518 g/mol. The van der Waals surface area contributed by atoms with E-state index in [0.717, 1.165) is 55.2 Å². The second kappa shape index (κ2) is 12.1. The van der Waals surface area contributed by atoms with Gasteiger partial charge in [0.05, 0.1) is 18.8 Å². The van der Waals surface area contributed by atoms with Gasteiger partial charge in [-0.3, -0.25) is 0 Å². The van der Waals surface area contributed by atoms with Crippen LogP contribution in [0.4, 0.5) is 39.5 Å². The van der Waals surface area contributed by atoms with Crippen LogP contribution in [0.15, 0.2) is 55.2 Å². The SMILES string of the molecule is Fc1ccc(/C=C/OB(O/C=C/c2ccc(F)c(F)c2F)O/C=C/c2ccc(F)c(F)c2F)c(F)c1F. The predicted octanol–water partition coefficient (Wildman–Crippen LogP) is 7.29. The Morgan fingerprint density at radius 3 is 0.946 bits per heavy atom. The van der Waals surface area contributed by atoms with Gasteiger partial charge in [-0.2, -0.15) is 0 Å². The molecule has 0 bridgehead atoms. The van der Waals surface area contributed by atoms with E-state index in [1.807, 2.05) is 0 Å². The van der Waals surface area contributed by atoms with Crippen molar-refractivity contribution in [3.8, 4) is 0 Å². The molecule has 3 aromatic carbocycles. The summed E-state index contributed by atoms with van der Waals surface area (Å²) < 4.78 is 136. The zero-order valence-electron chi connectivity index (χ0n) is 18.1. The fraction of sp³-hybridized carbons (Fsp3) is 0. The average Bonchev–Trinajstić information content (AvgIpc) is 2.88. The van der Waals surface area contributed by atoms with Crippen LogP contribution in [-0.4, -0.2) is 7.32 Å². The van der Waals surface area contributed by atoms with Gasteiger partial charge in [0.25, 0.3) is 0 Å². The summed E-state index contributed by atoms with van der Waals surface area (Å²) >= 11 is 0. The molecule has 0 unspecified atom stereocenters. The average molecular weight is 530 g/mol. The van der Waals surface area contributed by atoms with Crippen molar-refractivity contribution in [1.82, 2.24) is 0 Å². The van der Waals surface area contributed by atoms with Gasteiger partial charge in [0.2, 0.25) is 0 Å². The third-order valence-electron chi connectivity index (χ3n) is 4.51. The van der Waals surface area contributed by atoms with E-state index in [1.165, 1.54) is 0 Å². The normalized spacial score (nSPS) is 11.6. The zero-order valence-corrected chi connectivity index (χ0v) is 18.1. The van der Waals surface area contributed by atoms with E-state index in [2.05, 4.69) is 0 Å². The van der Waals surface area contributed by atoms with E-state index in [4.69, 9.17) is 14.0 Å². The summed E-state index contributed by atoms with van der Waals surface area (Å²) in [5, 5.41) is 0. The maximum Gasteiger partial charge on any atom is 0.862 e. The summed E-state index contributed by atoms with van der Waals surface area (Å²) in [6.07, 6.45) is 4.77. The fourth-order valence-corrected chi connectivity index (χ4v) is 2.64. The topological polar surface area (TPSA) is 27.7 Å². The van der Waals surface area contributed by atoms with E-state index >= 15 is 0 Å². The largest absolute Gasteiger partial charge is 0.862 e.